The quantitative estimate of drug-likeness (QED) is 0.213. The van der Waals surface area contributed by atoms with E-state index in [1.54, 1.807) is 7.11 Å². The first-order valence-corrected chi connectivity index (χ1v) is 18.6. The van der Waals surface area contributed by atoms with E-state index >= 15 is 0 Å². The first kappa shape index (κ1) is 29.6. The summed E-state index contributed by atoms with van der Waals surface area (Å²) in [6, 6.07) is 13.3. The van der Waals surface area contributed by atoms with Crippen molar-refractivity contribution >= 4 is 31.0 Å². The molecule has 2 fully saturated rings. The van der Waals surface area contributed by atoms with Crippen LogP contribution in [0.25, 0.3) is 22.2 Å². The topological polar surface area (TPSA) is 89.9 Å². The van der Waals surface area contributed by atoms with Gasteiger partial charge in [-0.05, 0) is 62.5 Å². The normalized spacial score (nSPS) is 17.0. The molecular weight excluding hydrogens is 534 g/mol. The van der Waals surface area contributed by atoms with Gasteiger partial charge in [-0.25, -0.2) is 9.78 Å². The Labute approximate surface area is 244 Å². The van der Waals surface area contributed by atoms with Crippen LogP contribution < -0.4 is 15.4 Å². The number of hydrogen-bond acceptors (Lipinski definition) is 6. The predicted molar refractivity (Wildman–Crippen MR) is 166 cm³/mol. The van der Waals surface area contributed by atoms with Crippen molar-refractivity contribution in [3.8, 4) is 16.9 Å². The molecule has 222 valence electrons. The van der Waals surface area contributed by atoms with Crippen LogP contribution in [0.4, 0.5) is 10.6 Å². The zero-order valence-electron chi connectivity index (χ0n) is 24.9. The number of ether oxygens (including phenoxy) is 3. The van der Waals surface area contributed by atoms with Gasteiger partial charge in [-0.15, -0.1) is 0 Å². The van der Waals surface area contributed by atoms with Gasteiger partial charge in [-0.3, -0.25) is 10.2 Å². The number of carbonyl (C=O) groups is 1. The number of nitrogens with zero attached hydrogens (tertiary/aromatic N) is 3. The summed E-state index contributed by atoms with van der Waals surface area (Å²) in [6.45, 7) is 12.8. The summed E-state index contributed by atoms with van der Waals surface area (Å²) in [5.74, 6) is 1.97. The average Bonchev–Trinajstić information content (AvgIpc) is 3.28. The SMILES string of the molecule is COc1ccccc1-c1cn(COCC[Si](C)(C)C)c2nc(NC(=O)NCCC3CCN(C4COC4)CC3)ccc12. The Hall–Kier alpha value is -2.92. The summed E-state index contributed by atoms with van der Waals surface area (Å²) in [5.41, 5.74) is 2.78. The second-order valence-electron chi connectivity index (χ2n) is 12.5. The van der Waals surface area contributed by atoms with E-state index in [1.165, 1.54) is 12.8 Å². The molecule has 0 radical (unpaired) electrons. The number of likely N-dealkylation sites (tertiary alicyclic amines) is 1. The van der Waals surface area contributed by atoms with Gasteiger partial charge in [0.25, 0.3) is 0 Å². The molecule has 5 rings (SSSR count). The molecule has 2 saturated heterocycles. The number of benzene rings is 1. The molecule has 1 aromatic carbocycles. The van der Waals surface area contributed by atoms with Crippen molar-refractivity contribution < 1.29 is 19.0 Å². The molecule has 2 aliphatic heterocycles. The Morgan fingerprint density at radius 2 is 1.88 bits per heavy atom. The number of urea groups is 1. The fraction of sp³-hybridized carbons (Fsp3) is 0.548. The zero-order valence-corrected chi connectivity index (χ0v) is 25.9. The minimum absolute atomic E-state index is 0.227. The third kappa shape index (κ3) is 7.68. The molecule has 0 aliphatic carbocycles. The van der Waals surface area contributed by atoms with E-state index in [4.69, 9.17) is 19.2 Å². The van der Waals surface area contributed by atoms with Crippen molar-refractivity contribution in [1.29, 1.82) is 0 Å². The number of nitrogens with one attached hydrogen (secondary N) is 2. The van der Waals surface area contributed by atoms with E-state index in [0.717, 1.165) is 66.7 Å². The smallest absolute Gasteiger partial charge is 0.320 e. The standard InChI is InChI=1S/C31H45N5O4Si/c1-38-28-8-6-5-7-25(28)27-19-36(22-39-17-18-41(2,3)4)30-26(27)9-10-29(33-30)34-31(37)32-14-11-23-12-15-35(16-13-23)24-20-40-21-24/h5-10,19,23-24H,11-18,20-22H2,1-4H3,(H2,32,33,34,37). The molecule has 0 saturated carbocycles. The zero-order chi connectivity index (χ0) is 28.8. The van der Waals surface area contributed by atoms with Crippen molar-refractivity contribution in [2.24, 2.45) is 5.92 Å². The third-order valence-electron chi connectivity index (χ3n) is 8.21. The lowest BCUT2D eigenvalue weighted by Gasteiger charge is -2.41. The summed E-state index contributed by atoms with van der Waals surface area (Å²) in [5, 5.41) is 6.95. The van der Waals surface area contributed by atoms with E-state index in [-0.39, 0.29) is 6.03 Å². The molecule has 3 aromatic rings. The van der Waals surface area contributed by atoms with E-state index in [1.807, 2.05) is 34.9 Å². The molecule has 0 atom stereocenters. The lowest BCUT2D eigenvalue weighted by Crippen LogP contribution is -2.51. The number of hydrogen-bond donors (Lipinski definition) is 2. The maximum Gasteiger partial charge on any atom is 0.320 e. The number of aromatic nitrogens is 2. The molecule has 4 heterocycles. The summed E-state index contributed by atoms with van der Waals surface area (Å²) in [7, 11) is 0.491. The van der Waals surface area contributed by atoms with Gasteiger partial charge in [-0.1, -0.05) is 37.8 Å². The third-order valence-corrected chi connectivity index (χ3v) is 9.92. The summed E-state index contributed by atoms with van der Waals surface area (Å²) in [4.78, 5) is 20.1. The summed E-state index contributed by atoms with van der Waals surface area (Å²) in [6.07, 6.45) is 5.43. The molecule has 2 amide bonds. The number of rotatable bonds is 12. The first-order valence-electron chi connectivity index (χ1n) is 14.9. The van der Waals surface area contributed by atoms with Gasteiger partial charge in [0.15, 0.2) is 0 Å². The Morgan fingerprint density at radius 3 is 2.59 bits per heavy atom. The first-order chi connectivity index (χ1) is 19.8. The van der Waals surface area contributed by atoms with E-state index < -0.39 is 8.07 Å². The fourth-order valence-corrected chi connectivity index (χ4v) is 6.30. The molecule has 2 aliphatic rings. The van der Waals surface area contributed by atoms with E-state index in [0.29, 0.717) is 37.7 Å². The number of carbonyl (C=O) groups excluding carboxylic acids is 1. The highest BCUT2D eigenvalue weighted by Crippen LogP contribution is 2.36. The second kappa shape index (κ2) is 13.4. The predicted octanol–water partition coefficient (Wildman–Crippen LogP) is 5.65. The molecule has 0 bridgehead atoms. The highest BCUT2D eigenvalue weighted by molar-refractivity contribution is 6.76. The second-order valence-corrected chi connectivity index (χ2v) is 18.1. The molecule has 0 spiro atoms. The Morgan fingerprint density at radius 1 is 1.10 bits per heavy atom. The Bertz CT molecular complexity index is 1310. The lowest BCUT2D eigenvalue weighted by molar-refractivity contribution is -0.0739. The highest BCUT2D eigenvalue weighted by atomic mass is 28.3. The number of piperidine rings is 1. The van der Waals surface area contributed by atoms with Crippen LogP contribution in [0.5, 0.6) is 5.75 Å². The number of amides is 2. The monoisotopic (exact) mass is 579 g/mol. The Balaban J connectivity index is 1.22. The number of pyridine rings is 1. The van der Waals surface area contributed by atoms with Gasteiger partial charge in [0.2, 0.25) is 0 Å². The fourth-order valence-electron chi connectivity index (χ4n) is 5.55. The maximum absolute atomic E-state index is 12.7. The minimum Gasteiger partial charge on any atom is -0.496 e. The molecule has 41 heavy (non-hydrogen) atoms. The van der Waals surface area contributed by atoms with Crippen LogP contribution in [0, 0.1) is 5.92 Å². The highest BCUT2D eigenvalue weighted by Gasteiger charge is 2.29. The van der Waals surface area contributed by atoms with Gasteiger partial charge in [-0.2, -0.15) is 0 Å². The van der Waals surface area contributed by atoms with Crippen molar-refractivity contribution in [1.82, 2.24) is 19.8 Å². The van der Waals surface area contributed by atoms with Crippen molar-refractivity contribution in [3.05, 3.63) is 42.6 Å². The largest absolute Gasteiger partial charge is 0.496 e. The number of methoxy groups -OCH3 is 1. The maximum atomic E-state index is 12.7. The summed E-state index contributed by atoms with van der Waals surface area (Å²) >= 11 is 0. The number of para-hydroxylation sites is 1. The van der Waals surface area contributed by atoms with Gasteiger partial charge >= 0.3 is 6.03 Å². The number of anilines is 1. The van der Waals surface area contributed by atoms with Crippen LogP contribution in [0.1, 0.15) is 19.3 Å². The van der Waals surface area contributed by atoms with Crippen LogP contribution in [0.2, 0.25) is 25.7 Å². The van der Waals surface area contributed by atoms with Crippen LogP contribution in [0.15, 0.2) is 42.6 Å². The van der Waals surface area contributed by atoms with Gasteiger partial charge in [0, 0.05) is 43.9 Å². The van der Waals surface area contributed by atoms with E-state index in [9.17, 15) is 4.79 Å². The average molecular weight is 580 g/mol. The number of fused-ring (bicyclic) bond motifs is 1. The summed E-state index contributed by atoms with van der Waals surface area (Å²) < 4.78 is 19.1. The van der Waals surface area contributed by atoms with Gasteiger partial charge in [0.1, 0.15) is 23.9 Å². The minimum atomic E-state index is -1.19. The van der Waals surface area contributed by atoms with Crippen molar-refractivity contribution in [2.75, 3.05) is 51.9 Å². The molecule has 2 N–H and O–H groups in total. The van der Waals surface area contributed by atoms with Crippen molar-refractivity contribution in [3.63, 3.8) is 0 Å². The van der Waals surface area contributed by atoms with Crippen LogP contribution in [0.3, 0.4) is 0 Å². The Kier molecular flexibility index (Phi) is 9.64. The molecular formula is C31H45N5O4Si. The van der Waals surface area contributed by atoms with Gasteiger partial charge < -0.3 is 24.1 Å². The van der Waals surface area contributed by atoms with Crippen LogP contribution in [-0.2, 0) is 16.2 Å². The molecule has 0 unspecified atom stereocenters. The van der Waals surface area contributed by atoms with E-state index in [2.05, 4.69) is 47.4 Å². The molecule has 10 heteroatoms. The van der Waals surface area contributed by atoms with Gasteiger partial charge in [0.05, 0.1) is 26.4 Å². The molecule has 2 aromatic heterocycles. The van der Waals surface area contributed by atoms with Crippen molar-refractivity contribution in [2.45, 2.75) is 57.7 Å². The van der Waals surface area contributed by atoms with Crippen LogP contribution >= 0.6 is 0 Å². The van der Waals surface area contributed by atoms with Crippen LogP contribution in [-0.4, -0.2) is 81.2 Å². The lowest BCUT2D eigenvalue weighted by atomic mass is 9.92. The molecule has 9 nitrogen and oxygen atoms in total.